The molecule has 8 heteroatoms. The number of carbonyl (C=O) groups is 3. The average Bonchev–Trinajstić information content (AvgIpc) is 2.89. The van der Waals surface area contributed by atoms with E-state index >= 15 is 0 Å². The normalized spacial score (nSPS) is 13.8. The molecule has 3 aromatic carbocycles. The van der Waals surface area contributed by atoms with Crippen LogP contribution in [0.15, 0.2) is 72.8 Å². The van der Waals surface area contributed by atoms with Crippen molar-refractivity contribution in [2.24, 2.45) is 11.5 Å². The second-order valence-corrected chi connectivity index (χ2v) is 10.5. The van der Waals surface area contributed by atoms with Crippen LogP contribution in [0.3, 0.4) is 0 Å². The number of nitrogens with two attached hydrogens (primary N) is 2. The molecule has 3 atom stereocenters. The Morgan fingerprint density at radius 1 is 0.789 bits per heavy atom. The summed E-state index contributed by atoms with van der Waals surface area (Å²) in [6, 6.07) is 20.8. The smallest absolute Gasteiger partial charge is 0.323 e. The Morgan fingerprint density at radius 2 is 1.42 bits per heavy atom. The molecule has 0 aliphatic carbocycles. The van der Waals surface area contributed by atoms with Crippen LogP contribution < -0.4 is 22.1 Å². The lowest BCUT2D eigenvalue weighted by atomic mass is 10.00. The van der Waals surface area contributed by atoms with Crippen molar-refractivity contribution >= 4 is 28.6 Å². The molecule has 0 spiro atoms. The molecule has 1 unspecified atom stereocenters. The molecule has 3 rings (SSSR count). The third-order valence-corrected chi connectivity index (χ3v) is 6.03. The fourth-order valence-electron chi connectivity index (χ4n) is 3.98. The number of ether oxygens (including phenoxy) is 1. The fraction of sp³-hybridized carbons (Fsp3) is 0.367. The van der Waals surface area contributed by atoms with Crippen LogP contribution in [0.2, 0.25) is 0 Å². The minimum Gasteiger partial charge on any atom is -0.459 e. The first-order chi connectivity index (χ1) is 18.0. The van der Waals surface area contributed by atoms with Gasteiger partial charge in [0.25, 0.3) is 0 Å². The first kappa shape index (κ1) is 28.8. The van der Waals surface area contributed by atoms with E-state index in [0.29, 0.717) is 13.0 Å². The zero-order valence-electron chi connectivity index (χ0n) is 22.3. The molecule has 0 bridgehead atoms. The summed E-state index contributed by atoms with van der Waals surface area (Å²) >= 11 is 0. The lowest BCUT2D eigenvalue weighted by Gasteiger charge is -2.23. The lowest BCUT2D eigenvalue weighted by Crippen LogP contribution is -2.52. The highest BCUT2D eigenvalue weighted by Crippen LogP contribution is 2.17. The number of hydrogen-bond acceptors (Lipinski definition) is 6. The molecule has 202 valence electrons. The molecule has 0 aromatic heterocycles. The molecule has 0 heterocycles. The van der Waals surface area contributed by atoms with Crippen molar-refractivity contribution in [2.45, 2.75) is 70.3 Å². The Bertz CT molecular complexity index is 1240. The maximum atomic E-state index is 13.2. The maximum absolute atomic E-state index is 13.2. The van der Waals surface area contributed by atoms with Crippen LogP contribution in [0.4, 0.5) is 0 Å². The van der Waals surface area contributed by atoms with Crippen molar-refractivity contribution in [1.82, 2.24) is 10.6 Å². The first-order valence-electron chi connectivity index (χ1n) is 12.9. The van der Waals surface area contributed by atoms with Crippen LogP contribution in [-0.4, -0.2) is 41.5 Å². The van der Waals surface area contributed by atoms with Gasteiger partial charge in [0.2, 0.25) is 11.8 Å². The topological polar surface area (TPSA) is 137 Å². The average molecular weight is 519 g/mol. The van der Waals surface area contributed by atoms with Crippen molar-refractivity contribution in [3.8, 4) is 0 Å². The number of carbonyl (C=O) groups excluding carboxylic acids is 3. The van der Waals surface area contributed by atoms with Crippen LogP contribution >= 0.6 is 0 Å². The maximum Gasteiger partial charge on any atom is 0.323 e. The summed E-state index contributed by atoms with van der Waals surface area (Å²) in [7, 11) is 0. The number of nitrogens with one attached hydrogen (secondary N) is 2. The summed E-state index contributed by atoms with van der Waals surface area (Å²) in [5, 5.41) is 7.86. The highest BCUT2D eigenvalue weighted by Gasteiger charge is 2.27. The van der Waals surface area contributed by atoms with Crippen LogP contribution in [0.1, 0.15) is 44.7 Å². The van der Waals surface area contributed by atoms with E-state index in [9.17, 15) is 14.4 Å². The zero-order chi connectivity index (χ0) is 27.7. The molecule has 0 radical (unpaired) electrons. The molecule has 8 nitrogen and oxygen atoms in total. The van der Waals surface area contributed by atoms with Gasteiger partial charge >= 0.3 is 5.97 Å². The summed E-state index contributed by atoms with van der Waals surface area (Å²) in [5.74, 6) is -1.34. The highest BCUT2D eigenvalue weighted by molar-refractivity contribution is 5.90. The second-order valence-electron chi connectivity index (χ2n) is 10.5. The molecule has 0 aliphatic rings. The summed E-state index contributed by atoms with van der Waals surface area (Å²) in [5.41, 5.74) is 13.3. The summed E-state index contributed by atoms with van der Waals surface area (Å²) < 4.78 is 5.29. The molecule has 38 heavy (non-hydrogen) atoms. The third kappa shape index (κ3) is 8.97. The summed E-state index contributed by atoms with van der Waals surface area (Å²) in [6.07, 6.45) is 0.640. The highest BCUT2D eigenvalue weighted by atomic mass is 16.6. The third-order valence-electron chi connectivity index (χ3n) is 6.03. The van der Waals surface area contributed by atoms with Crippen LogP contribution in [0, 0.1) is 0 Å². The molecule has 0 aliphatic heterocycles. The van der Waals surface area contributed by atoms with Gasteiger partial charge in [-0.3, -0.25) is 14.4 Å². The van der Waals surface area contributed by atoms with Crippen molar-refractivity contribution in [3.05, 3.63) is 83.9 Å². The summed E-state index contributed by atoms with van der Waals surface area (Å²) in [4.78, 5) is 38.3. The quantitative estimate of drug-likeness (QED) is 0.288. The first-order valence-corrected chi connectivity index (χ1v) is 12.9. The molecular weight excluding hydrogens is 480 g/mol. The van der Waals surface area contributed by atoms with Crippen molar-refractivity contribution < 1.29 is 19.1 Å². The Kier molecular flexibility index (Phi) is 9.98. The number of benzene rings is 3. The second kappa shape index (κ2) is 13.2. The molecule has 2 amide bonds. The molecule has 0 fully saturated rings. The summed E-state index contributed by atoms with van der Waals surface area (Å²) in [6.45, 7) is 5.61. The van der Waals surface area contributed by atoms with E-state index in [0.717, 1.165) is 21.9 Å². The predicted molar refractivity (Wildman–Crippen MR) is 149 cm³/mol. The van der Waals surface area contributed by atoms with Gasteiger partial charge in [-0.1, -0.05) is 72.8 Å². The molecule has 3 aromatic rings. The largest absolute Gasteiger partial charge is 0.459 e. The fourth-order valence-corrected chi connectivity index (χ4v) is 3.98. The zero-order valence-corrected chi connectivity index (χ0v) is 22.3. The van der Waals surface area contributed by atoms with Gasteiger partial charge in [-0.15, -0.1) is 0 Å². The van der Waals surface area contributed by atoms with Crippen molar-refractivity contribution in [3.63, 3.8) is 0 Å². The van der Waals surface area contributed by atoms with Gasteiger partial charge in [0.15, 0.2) is 0 Å². The SMILES string of the molecule is CC(C)(C)OC(=O)C(N)CC[C@@H](N)C(=O)N[C@H](Cc1ccc2ccccc2c1)C(=O)NCc1ccccc1. The minimum absolute atomic E-state index is 0.167. The van der Waals surface area contributed by atoms with Crippen molar-refractivity contribution in [1.29, 1.82) is 0 Å². The number of hydrogen-bond donors (Lipinski definition) is 4. The van der Waals surface area contributed by atoms with Crippen molar-refractivity contribution in [2.75, 3.05) is 0 Å². The molecular formula is C30H38N4O4. The van der Waals surface area contributed by atoms with Gasteiger partial charge in [-0.25, -0.2) is 0 Å². The van der Waals surface area contributed by atoms with Gasteiger partial charge in [0.1, 0.15) is 17.7 Å². The van der Waals surface area contributed by atoms with E-state index in [4.69, 9.17) is 16.2 Å². The van der Waals surface area contributed by atoms with Gasteiger partial charge in [0, 0.05) is 13.0 Å². The van der Waals surface area contributed by atoms with E-state index < -0.39 is 35.6 Å². The lowest BCUT2D eigenvalue weighted by molar-refractivity contribution is -0.156. The van der Waals surface area contributed by atoms with E-state index in [1.807, 2.05) is 72.8 Å². The van der Waals surface area contributed by atoms with E-state index in [1.54, 1.807) is 20.8 Å². The van der Waals surface area contributed by atoms with Crippen LogP contribution in [-0.2, 0) is 32.1 Å². The predicted octanol–water partition coefficient (Wildman–Crippen LogP) is 2.96. The minimum atomic E-state index is -0.940. The number of esters is 1. The Labute approximate surface area is 224 Å². The molecule has 6 N–H and O–H groups in total. The van der Waals surface area contributed by atoms with E-state index in [2.05, 4.69) is 10.6 Å². The van der Waals surface area contributed by atoms with E-state index in [1.165, 1.54) is 0 Å². The van der Waals surface area contributed by atoms with Gasteiger partial charge in [-0.2, -0.15) is 0 Å². The number of amides is 2. The van der Waals surface area contributed by atoms with Gasteiger partial charge in [-0.05, 0) is 55.5 Å². The molecule has 0 saturated heterocycles. The van der Waals surface area contributed by atoms with Crippen LogP contribution in [0.5, 0.6) is 0 Å². The monoisotopic (exact) mass is 518 g/mol. The van der Waals surface area contributed by atoms with Crippen LogP contribution in [0.25, 0.3) is 10.8 Å². The Balaban J connectivity index is 1.66. The van der Waals surface area contributed by atoms with E-state index in [-0.39, 0.29) is 18.7 Å². The Hall–Kier alpha value is -3.75. The number of rotatable bonds is 11. The standard InChI is InChI=1S/C30H38N4O4/c1-30(2,3)38-29(37)25(32)16-15-24(31)27(35)34-26(28(36)33-19-20-9-5-4-6-10-20)18-21-13-14-22-11-7-8-12-23(22)17-21/h4-14,17,24-26H,15-16,18-19,31-32H2,1-3H3,(H,33,36)(H,34,35)/t24-,25?,26-/m1/s1. The van der Waals surface area contributed by atoms with Gasteiger partial charge < -0.3 is 26.8 Å². The Morgan fingerprint density at radius 3 is 2.11 bits per heavy atom. The van der Waals surface area contributed by atoms with Gasteiger partial charge in [0.05, 0.1) is 6.04 Å². The number of fused-ring (bicyclic) bond motifs is 1. The molecule has 0 saturated carbocycles.